The van der Waals surface area contributed by atoms with Gasteiger partial charge in [-0.25, -0.2) is 0 Å². The van der Waals surface area contributed by atoms with E-state index in [0.717, 1.165) is 25.3 Å². The maximum absolute atomic E-state index is 11.2. The standard InChI is InChI=1S/C24H42O5S.K/c1-3-4-5-6-7-8-9-10-11-12-13-14-15-16-17-20(2)21-18-23(26)24(19-22(21)25)30(27,28)29;/h18-20,25-26H,3-17H2,1-2H3,(H,27,28,29);. The third-order valence-electron chi connectivity index (χ3n) is 5.91. The zero-order valence-electron chi connectivity index (χ0n) is 19.9. The Labute approximate surface area is 232 Å². The van der Waals surface area contributed by atoms with E-state index in [9.17, 15) is 18.6 Å². The predicted molar refractivity (Wildman–Crippen MR) is 129 cm³/mol. The molecule has 0 spiro atoms. The molecular weight excluding hydrogens is 439 g/mol. The summed E-state index contributed by atoms with van der Waals surface area (Å²) >= 11 is 0. The SMILES string of the molecule is CCCCCCCCCCCCCCCCC(C)c1cc(O)c(S(=O)(=O)O)cc1O.[K]. The minimum Gasteiger partial charge on any atom is -0.508 e. The third kappa shape index (κ3) is 13.6. The Morgan fingerprint density at radius 1 is 0.742 bits per heavy atom. The van der Waals surface area contributed by atoms with Crippen molar-refractivity contribution < 1.29 is 23.2 Å². The molecule has 3 N–H and O–H groups in total. The van der Waals surface area contributed by atoms with Crippen LogP contribution in [0.3, 0.4) is 0 Å². The number of benzene rings is 1. The smallest absolute Gasteiger partial charge is 0.298 e. The van der Waals surface area contributed by atoms with Crippen molar-refractivity contribution in [3.63, 3.8) is 0 Å². The van der Waals surface area contributed by atoms with Gasteiger partial charge in [0.1, 0.15) is 16.4 Å². The van der Waals surface area contributed by atoms with Crippen molar-refractivity contribution in [3.05, 3.63) is 17.7 Å². The largest absolute Gasteiger partial charge is 0.508 e. The van der Waals surface area contributed by atoms with Crippen LogP contribution in [0.4, 0.5) is 0 Å². The zero-order valence-corrected chi connectivity index (χ0v) is 23.8. The number of unbranched alkanes of at least 4 members (excludes halogenated alkanes) is 13. The Bertz CT molecular complexity index is 706. The van der Waals surface area contributed by atoms with Crippen LogP contribution in [0, 0.1) is 0 Å². The molecule has 0 fully saturated rings. The first-order valence-electron chi connectivity index (χ1n) is 11.8. The number of aromatic hydroxyl groups is 2. The fourth-order valence-electron chi connectivity index (χ4n) is 3.98. The number of phenolic OH excluding ortho intramolecular Hbond substituents is 2. The Kier molecular flexibility index (Phi) is 18.0. The maximum atomic E-state index is 11.2. The van der Waals surface area contributed by atoms with Gasteiger partial charge in [0.2, 0.25) is 0 Å². The molecule has 0 aliphatic rings. The number of phenols is 2. The van der Waals surface area contributed by atoms with Crippen LogP contribution in [-0.2, 0) is 10.1 Å². The first kappa shape index (κ1) is 31.4. The average Bonchev–Trinajstić information content (AvgIpc) is 2.68. The molecule has 1 aromatic rings. The van der Waals surface area contributed by atoms with Crippen molar-refractivity contribution in [1.82, 2.24) is 0 Å². The van der Waals surface area contributed by atoms with E-state index in [0.29, 0.717) is 5.56 Å². The third-order valence-corrected chi connectivity index (χ3v) is 6.79. The monoisotopic (exact) mass is 481 g/mol. The van der Waals surface area contributed by atoms with E-state index in [1.165, 1.54) is 83.1 Å². The van der Waals surface area contributed by atoms with Gasteiger partial charge >= 0.3 is 0 Å². The second-order valence-corrected chi connectivity index (χ2v) is 10.0. The molecule has 1 rings (SSSR count). The summed E-state index contributed by atoms with van der Waals surface area (Å²) in [5, 5.41) is 19.9. The van der Waals surface area contributed by atoms with Gasteiger partial charge in [-0.1, -0.05) is 104 Å². The van der Waals surface area contributed by atoms with Gasteiger partial charge in [-0.3, -0.25) is 4.55 Å². The summed E-state index contributed by atoms with van der Waals surface area (Å²) in [4.78, 5) is -0.660. The summed E-state index contributed by atoms with van der Waals surface area (Å²) < 4.78 is 31.5. The molecule has 1 unspecified atom stereocenters. The number of hydrogen-bond acceptors (Lipinski definition) is 4. The second kappa shape index (κ2) is 17.8. The summed E-state index contributed by atoms with van der Waals surface area (Å²) in [6.45, 7) is 4.20. The molecule has 0 aliphatic carbocycles. The molecule has 1 aromatic carbocycles. The second-order valence-electron chi connectivity index (χ2n) is 8.64. The van der Waals surface area contributed by atoms with Crippen molar-refractivity contribution in [1.29, 1.82) is 0 Å². The van der Waals surface area contributed by atoms with E-state index in [-0.39, 0.29) is 63.1 Å². The average molecular weight is 482 g/mol. The first-order chi connectivity index (χ1) is 14.3. The fraction of sp³-hybridized carbons (Fsp3) is 0.750. The molecule has 5 nitrogen and oxygen atoms in total. The van der Waals surface area contributed by atoms with E-state index < -0.39 is 20.8 Å². The maximum Gasteiger partial charge on any atom is 0.298 e. The van der Waals surface area contributed by atoms with Crippen LogP contribution in [0.25, 0.3) is 0 Å². The molecule has 0 heterocycles. The molecule has 0 saturated carbocycles. The summed E-state index contributed by atoms with van der Waals surface area (Å²) in [6.07, 6.45) is 19.1. The summed E-state index contributed by atoms with van der Waals surface area (Å²) in [5.74, 6) is -0.736. The Hall–Kier alpha value is 0.366. The van der Waals surface area contributed by atoms with Gasteiger partial charge in [0.15, 0.2) is 0 Å². The van der Waals surface area contributed by atoms with Crippen LogP contribution in [0.1, 0.15) is 122 Å². The van der Waals surface area contributed by atoms with Gasteiger partial charge in [-0.15, -0.1) is 0 Å². The van der Waals surface area contributed by atoms with Gasteiger partial charge in [0.05, 0.1) is 0 Å². The van der Waals surface area contributed by atoms with Gasteiger partial charge in [-0.2, -0.15) is 8.42 Å². The Balaban J connectivity index is 0.00000900. The molecule has 0 aromatic heterocycles. The van der Waals surface area contributed by atoms with Crippen LogP contribution in [0.2, 0.25) is 0 Å². The summed E-state index contributed by atoms with van der Waals surface area (Å²) in [6, 6.07) is 2.16. The molecule has 31 heavy (non-hydrogen) atoms. The summed E-state index contributed by atoms with van der Waals surface area (Å²) in [7, 11) is -4.55. The number of rotatable bonds is 17. The van der Waals surface area contributed by atoms with E-state index in [2.05, 4.69) is 6.92 Å². The van der Waals surface area contributed by atoms with E-state index in [1.54, 1.807) is 0 Å². The molecule has 0 bridgehead atoms. The quantitative estimate of drug-likeness (QED) is 0.0969. The molecule has 1 atom stereocenters. The van der Waals surface area contributed by atoms with Crippen LogP contribution in [0.5, 0.6) is 11.5 Å². The summed E-state index contributed by atoms with van der Waals surface area (Å²) in [5.41, 5.74) is 0.509. The molecule has 7 heteroatoms. The van der Waals surface area contributed by atoms with Crippen LogP contribution >= 0.6 is 0 Å². The van der Waals surface area contributed by atoms with Crippen molar-refractivity contribution in [3.8, 4) is 11.5 Å². The van der Waals surface area contributed by atoms with E-state index in [1.807, 2.05) is 6.92 Å². The van der Waals surface area contributed by atoms with Gasteiger partial charge in [-0.05, 0) is 18.4 Å². The van der Waals surface area contributed by atoms with Crippen molar-refractivity contribution >= 4 is 61.5 Å². The van der Waals surface area contributed by atoms with Gasteiger partial charge in [0.25, 0.3) is 10.1 Å². The molecule has 0 amide bonds. The minimum atomic E-state index is -4.55. The van der Waals surface area contributed by atoms with E-state index in [4.69, 9.17) is 4.55 Å². The topological polar surface area (TPSA) is 94.8 Å². The van der Waals surface area contributed by atoms with Crippen molar-refractivity contribution in [2.24, 2.45) is 0 Å². The van der Waals surface area contributed by atoms with Crippen LogP contribution in [0.15, 0.2) is 17.0 Å². The van der Waals surface area contributed by atoms with Crippen molar-refractivity contribution in [2.75, 3.05) is 0 Å². The molecule has 175 valence electrons. The zero-order chi connectivity index (χ0) is 22.4. The minimum absolute atomic E-state index is 0. The molecule has 0 aliphatic heterocycles. The Morgan fingerprint density at radius 2 is 1.16 bits per heavy atom. The normalized spacial score (nSPS) is 12.5. The van der Waals surface area contributed by atoms with Crippen LogP contribution in [-0.4, -0.2) is 74.6 Å². The molecular formula is C24H42KO5S. The fourth-order valence-corrected chi connectivity index (χ4v) is 4.56. The Morgan fingerprint density at radius 3 is 1.58 bits per heavy atom. The molecule has 1 radical (unpaired) electrons. The van der Waals surface area contributed by atoms with Gasteiger partial charge < -0.3 is 10.2 Å². The van der Waals surface area contributed by atoms with E-state index >= 15 is 0 Å². The predicted octanol–water partition coefficient (Wildman–Crippen LogP) is 6.94. The number of hydrogen-bond donors (Lipinski definition) is 3. The van der Waals surface area contributed by atoms with Crippen LogP contribution < -0.4 is 0 Å². The molecule has 0 saturated heterocycles. The van der Waals surface area contributed by atoms with Crippen molar-refractivity contribution in [2.45, 2.75) is 121 Å². The van der Waals surface area contributed by atoms with Gasteiger partial charge in [0, 0.05) is 63.0 Å². The first-order valence-corrected chi connectivity index (χ1v) is 13.2.